The molecular formula is C16H32N2. The zero-order valence-corrected chi connectivity index (χ0v) is 12.6. The average Bonchev–Trinajstić information content (AvgIpc) is 2.97. The van der Waals surface area contributed by atoms with Crippen LogP contribution in [0, 0.1) is 23.7 Å². The lowest BCUT2D eigenvalue weighted by molar-refractivity contribution is 0.130. The standard InChI is InChI=1S/C16H32N2/c1-4-13(5-2)16(10-17)18(3)11-15-9-12-6-7-14(15)8-12/h12-16H,4-11,17H2,1-3H3. The van der Waals surface area contributed by atoms with Crippen LogP contribution in [-0.2, 0) is 0 Å². The normalized spacial score (nSPS) is 32.7. The van der Waals surface area contributed by atoms with E-state index in [4.69, 9.17) is 5.73 Å². The third-order valence-electron chi connectivity index (χ3n) is 5.81. The van der Waals surface area contributed by atoms with Gasteiger partial charge in [-0.25, -0.2) is 0 Å². The molecule has 2 aliphatic rings. The number of rotatable bonds is 7. The highest BCUT2D eigenvalue weighted by molar-refractivity contribution is 4.92. The maximum Gasteiger partial charge on any atom is 0.0243 e. The maximum atomic E-state index is 6.03. The SMILES string of the molecule is CCC(CC)C(CN)N(C)CC1CC2CCC1C2. The smallest absolute Gasteiger partial charge is 0.0243 e. The van der Waals surface area contributed by atoms with Gasteiger partial charge >= 0.3 is 0 Å². The third kappa shape index (κ3) is 2.91. The number of hydrogen-bond donors (Lipinski definition) is 1. The van der Waals surface area contributed by atoms with Crippen LogP contribution in [0.4, 0.5) is 0 Å². The lowest BCUT2D eigenvalue weighted by Crippen LogP contribution is -2.45. The monoisotopic (exact) mass is 252 g/mol. The predicted molar refractivity (Wildman–Crippen MR) is 78.5 cm³/mol. The van der Waals surface area contributed by atoms with Gasteiger partial charge in [0, 0.05) is 19.1 Å². The molecule has 0 aliphatic heterocycles. The molecule has 4 atom stereocenters. The fourth-order valence-electron chi connectivity index (χ4n) is 4.67. The Balaban J connectivity index is 1.87. The van der Waals surface area contributed by atoms with Crippen molar-refractivity contribution >= 4 is 0 Å². The molecule has 0 saturated heterocycles. The second-order valence-corrected chi connectivity index (χ2v) is 6.75. The Kier molecular flexibility index (Phi) is 5.08. The van der Waals surface area contributed by atoms with E-state index in [2.05, 4.69) is 25.8 Å². The van der Waals surface area contributed by atoms with Crippen LogP contribution in [0.5, 0.6) is 0 Å². The van der Waals surface area contributed by atoms with Crippen LogP contribution in [0.3, 0.4) is 0 Å². The highest BCUT2D eigenvalue weighted by Crippen LogP contribution is 2.48. The van der Waals surface area contributed by atoms with Crippen molar-refractivity contribution in [3.63, 3.8) is 0 Å². The van der Waals surface area contributed by atoms with Gasteiger partial charge in [0.2, 0.25) is 0 Å². The van der Waals surface area contributed by atoms with Crippen molar-refractivity contribution in [3.8, 4) is 0 Å². The molecule has 0 spiro atoms. The molecule has 0 aromatic heterocycles. The second kappa shape index (κ2) is 6.38. The quantitative estimate of drug-likeness (QED) is 0.754. The van der Waals surface area contributed by atoms with Crippen molar-refractivity contribution in [2.45, 2.75) is 58.4 Å². The summed E-state index contributed by atoms with van der Waals surface area (Å²) >= 11 is 0. The van der Waals surface area contributed by atoms with Gasteiger partial charge in [-0.3, -0.25) is 0 Å². The number of hydrogen-bond acceptors (Lipinski definition) is 2. The van der Waals surface area contributed by atoms with Gasteiger partial charge in [-0.2, -0.15) is 0 Å². The molecule has 2 saturated carbocycles. The Morgan fingerprint density at radius 3 is 2.33 bits per heavy atom. The van der Waals surface area contributed by atoms with Crippen molar-refractivity contribution in [2.75, 3.05) is 20.1 Å². The first-order chi connectivity index (χ1) is 8.69. The minimum Gasteiger partial charge on any atom is -0.329 e. The Bertz CT molecular complexity index is 249. The van der Waals surface area contributed by atoms with Crippen LogP contribution >= 0.6 is 0 Å². The summed E-state index contributed by atoms with van der Waals surface area (Å²) in [6.07, 6.45) is 8.56. The molecule has 0 aromatic carbocycles. The topological polar surface area (TPSA) is 29.3 Å². The lowest BCUT2D eigenvalue weighted by Gasteiger charge is -2.36. The van der Waals surface area contributed by atoms with E-state index < -0.39 is 0 Å². The molecule has 0 heterocycles. The van der Waals surface area contributed by atoms with Gasteiger partial charge in [0.1, 0.15) is 0 Å². The minimum absolute atomic E-state index is 0.596. The third-order valence-corrected chi connectivity index (χ3v) is 5.81. The Morgan fingerprint density at radius 1 is 1.17 bits per heavy atom. The van der Waals surface area contributed by atoms with Gasteiger partial charge in [0.05, 0.1) is 0 Å². The van der Waals surface area contributed by atoms with Crippen molar-refractivity contribution in [2.24, 2.45) is 29.4 Å². The summed E-state index contributed by atoms with van der Waals surface area (Å²) in [5.74, 6) is 3.85. The largest absolute Gasteiger partial charge is 0.329 e. The number of nitrogens with two attached hydrogens (primary N) is 1. The molecule has 0 radical (unpaired) electrons. The summed E-state index contributed by atoms with van der Waals surface area (Å²) < 4.78 is 0. The molecule has 2 rings (SSSR count). The highest BCUT2D eigenvalue weighted by atomic mass is 15.1. The minimum atomic E-state index is 0.596. The maximum absolute atomic E-state index is 6.03. The first-order valence-corrected chi connectivity index (χ1v) is 8.09. The summed E-state index contributed by atoms with van der Waals surface area (Å²) in [7, 11) is 2.31. The van der Waals surface area contributed by atoms with E-state index >= 15 is 0 Å². The molecule has 2 bridgehead atoms. The number of likely N-dealkylation sites (N-methyl/N-ethyl adjacent to an activating group) is 1. The first-order valence-electron chi connectivity index (χ1n) is 8.09. The predicted octanol–water partition coefficient (Wildman–Crippen LogP) is 3.12. The van der Waals surface area contributed by atoms with E-state index in [9.17, 15) is 0 Å². The fourth-order valence-corrected chi connectivity index (χ4v) is 4.67. The summed E-state index contributed by atoms with van der Waals surface area (Å²) in [5, 5.41) is 0. The van der Waals surface area contributed by atoms with Gasteiger partial charge in [-0.1, -0.05) is 33.1 Å². The van der Waals surface area contributed by atoms with Gasteiger partial charge in [-0.15, -0.1) is 0 Å². The van der Waals surface area contributed by atoms with Crippen molar-refractivity contribution in [3.05, 3.63) is 0 Å². The summed E-state index contributed by atoms with van der Waals surface area (Å²) in [6, 6.07) is 0.596. The Morgan fingerprint density at radius 2 is 1.89 bits per heavy atom. The van der Waals surface area contributed by atoms with Crippen LogP contribution in [0.25, 0.3) is 0 Å². The Hall–Kier alpha value is -0.0800. The highest BCUT2D eigenvalue weighted by Gasteiger charge is 2.40. The molecule has 4 unspecified atom stereocenters. The lowest BCUT2D eigenvalue weighted by atomic mass is 9.87. The van der Waals surface area contributed by atoms with Crippen LogP contribution in [0.1, 0.15) is 52.4 Å². The molecule has 2 aliphatic carbocycles. The van der Waals surface area contributed by atoms with Crippen LogP contribution < -0.4 is 5.73 Å². The first kappa shape index (κ1) is 14.3. The van der Waals surface area contributed by atoms with E-state index in [1.165, 1.54) is 45.1 Å². The van der Waals surface area contributed by atoms with Crippen molar-refractivity contribution in [1.82, 2.24) is 4.90 Å². The van der Waals surface area contributed by atoms with Gasteiger partial charge in [0.25, 0.3) is 0 Å². The zero-order valence-electron chi connectivity index (χ0n) is 12.6. The van der Waals surface area contributed by atoms with E-state index in [0.717, 1.165) is 30.2 Å². The average molecular weight is 252 g/mol. The van der Waals surface area contributed by atoms with Gasteiger partial charge in [0.15, 0.2) is 0 Å². The molecule has 2 nitrogen and oxygen atoms in total. The van der Waals surface area contributed by atoms with E-state index in [1.54, 1.807) is 0 Å². The van der Waals surface area contributed by atoms with Gasteiger partial charge < -0.3 is 10.6 Å². The van der Waals surface area contributed by atoms with Gasteiger partial charge in [-0.05, 0) is 50.0 Å². The van der Waals surface area contributed by atoms with E-state index in [-0.39, 0.29) is 0 Å². The molecule has 0 aromatic rings. The number of nitrogens with zero attached hydrogens (tertiary/aromatic N) is 1. The van der Waals surface area contributed by atoms with Crippen LogP contribution in [0.2, 0.25) is 0 Å². The Labute approximate surface area is 113 Å². The molecule has 18 heavy (non-hydrogen) atoms. The fraction of sp³-hybridized carbons (Fsp3) is 1.00. The molecule has 106 valence electrons. The van der Waals surface area contributed by atoms with Crippen molar-refractivity contribution in [1.29, 1.82) is 0 Å². The molecule has 0 amide bonds. The summed E-state index contributed by atoms with van der Waals surface area (Å²) in [6.45, 7) is 6.73. The molecule has 2 heteroatoms. The molecule has 2 fully saturated rings. The van der Waals surface area contributed by atoms with E-state index in [1.807, 2.05) is 0 Å². The molecular weight excluding hydrogens is 220 g/mol. The molecule has 2 N–H and O–H groups in total. The summed E-state index contributed by atoms with van der Waals surface area (Å²) in [5.41, 5.74) is 6.03. The van der Waals surface area contributed by atoms with E-state index in [0.29, 0.717) is 6.04 Å². The number of fused-ring (bicyclic) bond motifs is 2. The van der Waals surface area contributed by atoms with Crippen LogP contribution in [-0.4, -0.2) is 31.1 Å². The second-order valence-electron chi connectivity index (χ2n) is 6.75. The summed E-state index contributed by atoms with van der Waals surface area (Å²) in [4.78, 5) is 2.59. The van der Waals surface area contributed by atoms with Crippen LogP contribution in [0.15, 0.2) is 0 Å². The van der Waals surface area contributed by atoms with Crippen molar-refractivity contribution < 1.29 is 0 Å². The zero-order chi connectivity index (χ0) is 13.1.